The Balaban J connectivity index is 2.28. The molecule has 1 aliphatic rings. The van der Waals surface area contributed by atoms with Crippen LogP contribution in [0.1, 0.15) is 38.5 Å². The molecule has 1 aliphatic carbocycles. The van der Waals surface area contributed by atoms with Crippen LogP contribution >= 0.6 is 0 Å². The summed E-state index contributed by atoms with van der Waals surface area (Å²) in [6, 6.07) is 0. The summed E-state index contributed by atoms with van der Waals surface area (Å²) in [4.78, 5) is 0. The van der Waals surface area contributed by atoms with Crippen LogP contribution in [0.4, 0.5) is 0 Å². The topological polar surface area (TPSA) is 0 Å². The van der Waals surface area contributed by atoms with Crippen molar-refractivity contribution in [3.63, 3.8) is 0 Å². The second-order valence-corrected chi connectivity index (χ2v) is 3.33. The molecule has 0 saturated heterocycles. The SMILES string of the molecule is [CH]1C/C=C\CC/C=C/C/C=C\CC1. The van der Waals surface area contributed by atoms with Crippen LogP contribution in [0.15, 0.2) is 36.5 Å². The molecule has 1 rings (SSSR count). The van der Waals surface area contributed by atoms with Gasteiger partial charge in [-0.2, -0.15) is 0 Å². The normalized spacial score (nSPS) is 27.7. The van der Waals surface area contributed by atoms with Crippen molar-refractivity contribution in [2.75, 3.05) is 0 Å². The molecule has 0 aromatic carbocycles. The van der Waals surface area contributed by atoms with Crippen LogP contribution in [0.3, 0.4) is 0 Å². The Bertz CT molecular complexity index is 184. The Hall–Kier alpha value is -0.780. The largest absolute Gasteiger partial charge is 0.0882 e. The minimum absolute atomic E-state index is 1.10. The van der Waals surface area contributed by atoms with E-state index in [1.54, 1.807) is 0 Å². The summed E-state index contributed by atoms with van der Waals surface area (Å²) in [6.45, 7) is 0. The van der Waals surface area contributed by atoms with Crippen molar-refractivity contribution in [3.8, 4) is 0 Å². The highest BCUT2D eigenvalue weighted by Gasteiger charge is 1.85. The molecule has 0 N–H and O–H groups in total. The van der Waals surface area contributed by atoms with Crippen molar-refractivity contribution in [1.29, 1.82) is 0 Å². The Morgan fingerprint density at radius 1 is 0.462 bits per heavy atom. The van der Waals surface area contributed by atoms with E-state index in [1.807, 2.05) is 0 Å². The molecule has 0 unspecified atom stereocenters. The highest BCUT2D eigenvalue weighted by Crippen LogP contribution is 2.04. The Kier molecular flexibility index (Phi) is 6.22. The van der Waals surface area contributed by atoms with E-state index in [-0.39, 0.29) is 0 Å². The fourth-order valence-electron chi connectivity index (χ4n) is 1.34. The molecule has 0 aliphatic heterocycles. The predicted octanol–water partition coefficient (Wildman–Crippen LogP) is 4.21. The van der Waals surface area contributed by atoms with Gasteiger partial charge in [-0.3, -0.25) is 0 Å². The van der Waals surface area contributed by atoms with Gasteiger partial charge in [-0.25, -0.2) is 0 Å². The lowest BCUT2D eigenvalue weighted by Gasteiger charge is -1.91. The molecule has 0 saturated carbocycles. The fraction of sp³-hybridized carbons (Fsp3) is 0.462. The molecular formula is C13H19. The first-order chi connectivity index (χ1) is 6.50. The third kappa shape index (κ3) is 6.39. The number of allylic oxidation sites excluding steroid dienone is 6. The predicted molar refractivity (Wildman–Crippen MR) is 59.4 cm³/mol. The minimum atomic E-state index is 1.10. The fourth-order valence-corrected chi connectivity index (χ4v) is 1.34. The second-order valence-electron chi connectivity index (χ2n) is 3.33. The van der Waals surface area contributed by atoms with Gasteiger partial charge in [-0.05, 0) is 44.9 Å². The summed E-state index contributed by atoms with van der Waals surface area (Å²) in [5, 5.41) is 0. The molecule has 71 valence electrons. The van der Waals surface area contributed by atoms with Gasteiger partial charge in [0.05, 0.1) is 0 Å². The van der Waals surface area contributed by atoms with E-state index in [0.717, 1.165) is 12.8 Å². The van der Waals surface area contributed by atoms with Crippen LogP contribution in [0.25, 0.3) is 0 Å². The van der Waals surface area contributed by atoms with Crippen molar-refractivity contribution in [2.24, 2.45) is 0 Å². The summed E-state index contributed by atoms with van der Waals surface area (Å²) in [6.07, 6.45) is 23.0. The summed E-state index contributed by atoms with van der Waals surface area (Å²) in [5.41, 5.74) is 0. The lowest BCUT2D eigenvalue weighted by Crippen LogP contribution is -1.73. The smallest absolute Gasteiger partial charge is 0.0169 e. The van der Waals surface area contributed by atoms with Crippen LogP contribution in [0.2, 0.25) is 0 Å². The van der Waals surface area contributed by atoms with E-state index in [2.05, 4.69) is 42.9 Å². The molecule has 0 heterocycles. The molecule has 0 atom stereocenters. The van der Waals surface area contributed by atoms with Crippen molar-refractivity contribution in [3.05, 3.63) is 42.9 Å². The molecule has 0 spiro atoms. The first-order valence-corrected chi connectivity index (χ1v) is 5.27. The lowest BCUT2D eigenvalue weighted by atomic mass is 10.1. The Labute approximate surface area is 82.0 Å². The zero-order chi connectivity index (χ0) is 9.19. The van der Waals surface area contributed by atoms with E-state index in [1.165, 1.54) is 25.7 Å². The molecule has 1 radical (unpaired) electrons. The molecule has 0 nitrogen and oxygen atoms in total. The molecule has 13 heavy (non-hydrogen) atoms. The van der Waals surface area contributed by atoms with Gasteiger partial charge >= 0.3 is 0 Å². The molecule has 0 bridgehead atoms. The van der Waals surface area contributed by atoms with Crippen LogP contribution in [-0.4, -0.2) is 0 Å². The van der Waals surface area contributed by atoms with Crippen molar-refractivity contribution in [2.45, 2.75) is 38.5 Å². The molecule has 0 heteroatoms. The van der Waals surface area contributed by atoms with Crippen LogP contribution in [0.5, 0.6) is 0 Å². The maximum Gasteiger partial charge on any atom is -0.0169 e. The van der Waals surface area contributed by atoms with Crippen molar-refractivity contribution < 1.29 is 0 Å². The maximum absolute atomic E-state index is 2.35. The van der Waals surface area contributed by atoms with Gasteiger partial charge in [0, 0.05) is 0 Å². The van der Waals surface area contributed by atoms with Gasteiger partial charge < -0.3 is 0 Å². The maximum atomic E-state index is 2.35. The quantitative estimate of drug-likeness (QED) is 0.484. The van der Waals surface area contributed by atoms with E-state index in [0.29, 0.717) is 0 Å². The van der Waals surface area contributed by atoms with Crippen LogP contribution in [0, 0.1) is 6.42 Å². The van der Waals surface area contributed by atoms with E-state index in [9.17, 15) is 0 Å². The summed E-state index contributed by atoms with van der Waals surface area (Å²) >= 11 is 0. The molecule has 0 aromatic rings. The zero-order valence-electron chi connectivity index (χ0n) is 8.28. The first-order valence-electron chi connectivity index (χ1n) is 5.27. The minimum Gasteiger partial charge on any atom is -0.0882 e. The van der Waals surface area contributed by atoms with Gasteiger partial charge in [0.1, 0.15) is 0 Å². The first kappa shape index (κ1) is 10.3. The van der Waals surface area contributed by atoms with Gasteiger partial charge in [-0.15, -0.1) is 0 Å². The summed E-state index contributed by atoms with van der Waals surface area (Å²) in [5.74, 6) is 0. The summed E-state index contributed by atoms with van der Waals surface area (Å²) < 4.78 is 0. The van der Waals surface area contributed by atoms with Gasteiger partial charge in [0.2, 0.25) is 0 Å². The average Bonchev–Trinajstić information content (AvgIpc) is 2.18. The second kappa shape index (κ2) is 7.85. The molecule has 0 aromatic heterocycles. The van der Waals surface area contributed by atoms with E-state index < -0.39 is 0 Å². The lowest BCUT2D eigenvalue weighted by molar-refractivity contribution is 0.928. The van der Waals surface area contributed by atoms with Gasteiger partial charge in [0.25, 0.3) is 0 Å². The van der Waals surface area contributed by atoms with Gasteiger partial charge in [-0.1, -0.05) is 36.5 Å². The molecule has 0 amide bonds. The molecular weight excluding hydrogens is 156 g/mol. The van der Waals surface area contributed by atoms with Gasteiger partial charge in [0.15, 0.2) is 0 Å². The summed E-state index contributed by atoms with van der Waals surface area (Å²) in [7, 11) is 0. The average molecular weight is 175 g/mol. The zero-order valence-corrected chi connectivity index (χ0v) is 8.28. The van der Waals surface area contributed by atoms with E-state index in [4.69, 9.17) is 0 Å². The van der Waals surface area contributed by atoms with Crippen LogP contribution < -0.4 is 0 Å². The number of hydrogen-bond acceptors (Lipinski definition) is 0. The monoisotopic (exact) mass is 175 g/mol. The highest BCUT2D eigenvalue weighted by molar-refractivity contribution is 4.96. The van der Waals surface area contributed by atoms with Crippen LogP contribution in [-0.2, 0) is 0 Å². The third-order valence-corrected chi connectivity index (χ3v) is 2.11. The molecule has 0 fully saturated rings. The van der Waals surface area contributed by atoms with Crippen molar-refractivity contribution in [1.82, 2.24) is 0 Å². The number of hydrogen-bond donors (Lipinski definition) is 0. The Morgan fingerprint density at radius 2 is 1.00 bits per heavy atom. The highest BCUT2D eigenvalue weighted by atomic mass is 13.9. The van der Waals surface area contributed by atoms with E-state index >= 15 is 0 Å². The van der Waals surface area contributed by atoms with Crippen molar-refractivity contribution >= 4 is 0 Å². The Morgan fingerprint density at radius 3 is 1.69 bits per heavy atom. The number of rotatable bonds is 0. The standard InChI is InChI=1S/C13H19/c1-2-4-6-8-10-12-13-11-9-7-5-3-1/h1-2,5,7-8,10,13H,3-4,6,9,11-12H2/b2-1+,7-5-,10-8-. The third-order valence-electron chi connectivity index (χ3n) is 2.11.